The molecule has 0 aliphatic heterocycles. The average molecular weight is 447 g/mol. The Morgan fingerprint density at radius 1 is 1.25 bits per heavy atom. The lowest BCUT2D eigenvalue weighted by Crippen LogP contribution is -2.41. The first-order valence-electron chi connectivity index (χ1n) is 8.75. The van der Waals surface area contributed by atoms with Gasteiger partial charge in [0.2, 0.25) is 17.8 Å². The minimum atomic E-state index is -0.482. The number of aromatic nitrogens is 4. The molecule has 2 bridgehead atoms. The topological polar surface area (TPSA) is 154 Å². The minimum absolute atomic E-state index is 0.0120. The highest BCUT2D eigenvalue weighted by atomic mass is 79.9. The third kappa shape index (κ3) is 3.57. The monoisotopic (exact) mass is 446 g/mol. The van der Waals surface area contributed by atoms with Crippen molar-refractivity contribution in [1.82, 2.24) is 19.7 Å². The van der Waals surface area contributed by atoms with Crippen LogP contribution in [0.1, 0.15) is 6.42 Å². The minimum Gasteiger partial charge on any atom is -0.369 e. The zero-order valence-electron chi connectivity index (χ0n) is 14.7. The summed E-state index contributed by atoms with van der Waals surface area (Å²) in [6.45, 7) is -0.0120. The Morgan fingerprint density at radius 2 is 2.04 bits per heavy atom. The highest BCUT2D eigenvalue weighted by molar-refractivity contribution is 9.10. The summed E-state index contributed by atoms with van der Waals surface area (Å²) in [5.41, 5.74) is 11.4. The number of fused-ring (bicyclic) bond motifs is 2. The Bertz CT molecular complexity index is 958. The number of anilines is 3. The van der Waals surface area contributed by atoms with Crippen LogP contribution in [0, 0.1) is 17.8 Å². The molecular formula is C17H19BrN8O2. The molecule has 2 aromatic rings. The van der Waals surface area contributed by atoms with Crippen LogP contribution in [0.2, 0.25) is 0 Å². The largest absolute Gasteiger partial charge is 0.369 e. The molecule has 2 aromatic heterocycles. The molecule has 1 saturated carbocycles. The van der Waals surface area contributed by atoms with E-state index in [0.717, 1.165) is 6.42 Å². The highest BCUT2D eigenvalue weighted by Gasteiger charge is 2.47. The summed E-state index contributed by atoms with van der Waals surface area (Å²) in [4.78, 5) is 31.6. The summed E-state index contributed by atoms with van der Waals surface area (Å²) in [7, 11) is 0. The van der Waals surface area contributed by atoms with Crippen molar-refractivity contribution in [3.63, 3.8) is 0 Å². The van der Waals surface area contributed by atoms with E-state index in [1.165, 1.54) is 4.68 Å². The number of nitrogens with one attached hydrogen (secondary N) is 2. The number of allylic oxidation sites excluding steroid dienone is 1. The molecule has 0 saturated heterocycles. The molecule has 2 aliphatic carbocycles. The lowest BCUT2D eigenvalue weighted by atomic mass is 9.88. The van der Waals surface area contributed by atoms with Gasteiger partial charge in [-0.05, 0) is 34.2 Å². The number of carbonyl (C=O) groups excluding carboxylic acids is 2. The Hall–Kier alpha value is -2.95. The van der Waals surface area contributed by atoms with Gasteiger partial charge in [-0.25, -0.2) is 4.98 Å². The summed E-state index contributed by atoms with van der Waals surface area (Å²) in [5, 5.41) is 10.4. The Balaban J connectivity index is 1.51. The molecule has 0 aromatic carbocycles. The molecule has 2 amide bonds. The molecule has 0 unspecified atom stereocenters. The van der Waals surface area contributed by atoms with Crippen molar-refractivity contribution in [2.75, 3.05) is 10.6 Å². The second kappa shape index (κ2) is 7.23. The summed E-state index contributed by atoms with van der Waals surface area (Å²) < 4.78 is 2.10. The fraction of sp³-hybridized carbons (Fsp3) is 0.353. The van der Waals surface area contributed by atoms with Gasteiger partial charge in [-0.15, -0.1) is 0 Å². The maximum atomic E-state index is 11.9. The van der Waals surface area contributed by atoms with Crippen LogP contribution in [0.25, 0.3) is 0 Å². The lowest BCUT2D eigenvalue weighted by Gasteiger charge is -2.27. The normalized spacial score (nSPS) is 25.0. The zero-order valence-corrected chi connectivity index (χ0v) is 16.3. The van der Waals surface area contributed by atoms with Crippen molar-refractivity contribution in [2.45, 2.75) is 19.0 Å². The number of nitrogens with two attached hydrogens (primary N) is 2. The van der Waals surface area contributed by atoms with Gasteiger partial charge < -0.3 is 22.1 Å². The molecule has 4 atom stereocenters. The number of amides is 2. The van der Waals surface area contributed by atoms with Crippen LogP contribution in [0.4, 0.5) is 17.5 Å². The highest BCUT2D eigenvalue weighted by Crippen LogP contribution is 2.45. The van der Waals surface area contributed by atoms with E-state index < -0.39 is 5.91 Å². The van der Waals surface area contributed by atoms with Crippen molar-refractivity contribution in [1.29, 1.82) is 0 Å². The second-order valence-electron chi connectivity index (χ2n) is 6.95. The van der Waals surface area contributed by atoms with Gasteiger partial charge in [-0.3, -0.25) is 14.3 Å². The first-order chi connectivity index (χ1) is 13.4. The molecule has 4 rings (SSSR count). The molecule has 2 heterocycles. The van der Waals surface area contributed by atoms with Gasteiger partial charge in [-0.1, -0.05) is 12.2 Å². The van der Waals surface area contributed by atoms with Crippen molar-refractivity contribution < 1.29 is 9.59 Å². The number of hydrogen-bond acceptors (Lipinski definition) is 7. The number of hydrogen-bond donors (Lipinski definition) is 4. The molecule has 0 radical (unpaired) electrons. The maximum absolute atomic E-state index is 11.9. The van der Waals surface area contributed by atoms with Crippen LogP contribution in [-0.4, -0.2) is 37.6 Å². The SMILES string of the molecule is NC(=O)Cn1cc(Nc2ncc(Br)c(N[C@H]3[C@@H](C(N)=O)[C@H]4C=C[C@H]3C4)n2)cn1. The summed E-state index contributed by atoms with van der Waals surface area (Å²) in [6.07, 6.45) is 9.91. The van der Waals surface area contributed by atoms with Gasteiger partial charge in [0, 0.05) is 18.4 Å². The lowest BCUT2D eigenvalue weighted by molar-refractivity contribution is -0.122. The van der Waals surface area contributed by atoms with Crippen LogP contribution in [0.15, 0.2) is 35.2 Å². The number of primary amides is 2. The van der Waals surface area contributed by atoms with E-state index >= 15 is 0 Å². The Kier molecular flexibility index (Phi) is 4.75. The van der Waals surface area contributed by atoms with E-state index in [9.17, 15) is 9.59 Å². The van der Waals surface area contributed by atoms with Crippen LogP contribution >= 0.6 is 15.9 Å². The summed E-state index contributed by atoms with van der Waals surface area (Å²) in [5.74, 6) is 0.282. The van der Waals surface area contributed by atoms with E-state index in [4.69, 9.17) is 11.5 Å². The maximum Gasteiger partial charge on any atom is 0.239 e. The van der Waals surface area contributed by atoms with E-state index in [1.807, 2.05) is 0 Å². The molecule has 1 fully saturated rings. The van der Waals surface area contributed by atoms with Gasteiger partial charge in [0.1, 0.15) is 12.4 Å². The van der Waals surface area contributed by atoms with Gasteiger partial charge in [-0.2, -0.15) is 10.1 Å². The Labute approximate surface area is 168 Å². The first-order valence-corrected chi connectivity index (χ1v) is 9.54. The first kappa shape index (κ1) is 18.4. The van der Waals surface area contributed by atoms with E-state index in [2.05, 4.69) is 53.8 Å². The molecule has 11 heteroatoms. The number of carbonyl (C=O) groups is 2. The molecule has 28 heavy (non-hydrogen) atoms. The van der Waals surface area contributed by atoms with Crippen molar-refractivity contribution in [2.24, 2.45) is 29.2 Å². The number of nitrogens with zero attached hydrogens (tertiary/aromatic N) is 4. The van der Waals surface area contributed by atoms with Crippen LogP contribution in [-0.2, 0) is 16.1 Å². The summed E-state index contributed by atoms with van der Waals surface area (Å²) >= 11 is 3.45. The van der Waals surface area contributed by atoms with E-state index in [0.29, 0.717) is 21.9 Å². The fourth-order valence-corrected chi connectivity index (χ4v) is 4.20. The van der Waals surface area contributed by atoms with E-state index in [-0.39, 0.29) is 36.2 Å². The van der Waals surface area contributed by atoms with Crippen LogP contribution in [0.3, 0.4) is 0 Å². The number of rotatable bonds is 7. The third-order valence-electron chi connectivity index (χ3n) is 5.04. The molecule has 6 N–H and O–H groups in total. The van der Waals surface area contributed by atoms with Crippen LogP contribution in [0.5, 0.6) is 0 Å². The van der Waals surface area contributed by atoms with Crippen molar-refractivity contribution in [3.05, 3.63) is 35.2 Å². The molecular weight excluding hydrogens is 428 g/mol. The molecule has 0 spiro atoms. The molecule has 2 aliphatic rings. The summed E-state index contributed by atoms with van der Waals surface area (Å²) in [6, 6.07) is -0.107. The predicted molar refractivity (Wildman–Crippen MR) is 105 cm³/mol. The quantitative estimate of drug-likeness (QED) is 0.457. The molecule has 10 nitrogen and oxygen atoms in total. The van der Waals surface area contributed by atoms with E-state index in [1.54, 1.807) is 18.6 Å². The fourth-order valence-electron chi connectivity index (χ4n) is 3.90. The zero-order chi connectivity index (χ0) is 19.8. The molecule has 146 valence electrons. The predicted octanol–water partition coefficient (Wildman–Crippen LogP) is 0.752. The Morgan fingerprint density at radius 3 is 2.79 bits per heavy atom. The van der Waals surface area contributed by atoms with Gasteiger partial charge in [0.05, 0.1) is 22.3 Å². The van der Waals surface area contributed by atoms with Crippen molar-refractivity contribution >= 4 is 45.2 Å². The van der Waals surface area contributed by atoms with Gasteiger partial charge in [0.25, 0.3) is 0 Å². The number of halogens is 1. The van der Waals surface area contributed by atoms with Crippen molar-refractivity contribution in [3.8, 4) is 0 Å². The van der Waals surface area contributed by atoms with Crippen LogP contribution < -0.4 is 22.1 Å². The van der Waals surface area contributed by atoms with Gasteiger partial charge >= 0.3 is 0 Å². The smallest absolute Gasteiger partial charge is 0.239 e. The third-order valence-corrected chi connectivity index (χ3v) is 5.62. The van der Waals surface area contributed by atoms with Gasteiger partial charge in [0.15, 0.2) is 0 Å². The average Bonchev–Trinajstić information content (AvgIpc) is 3.33. The second-order valence-corrected chi connectivity index (χ2v) is 7.81. The standard InChI is InChI=1S/C17H19BrN8O2/c18-11-5-21-17(23-10-4-22-26(6-10)7-12(19)27)25-16(11)24-14-9-2-1-8(3-9)13(14)15(20)28/h1-2,4-6,8-9,13-14H,3,7H2,(H2,19,27)(H2,20,28)(H2,21,23,24,25)/t8-,9-,13-,14+/m0/s1.